The highest BCUT2D eigenvalue weighted by Crippen LogP contribution is 2.36. The fourth-order valence-corrected chi connectivity index (χ4v) is 2.16. The average Bonchev–Trinajstić information content (AvgIpc) is 2.49. The number of ether oxygens (including phenoxy) is 2. The first-order chi connectivity index (χ1) is 10.1. The highest BCUT2D eigenvalue weighted by Gasteiger charge is 2.14. The van der Waals surface area contributed by atoms with Crippen molar-refractivity contribution in [2.24, 2.45) is 0 Å². The van der Waals surface area contributed by atoms with Gasteiger partial charge in [0.25, 0.3) is 0 Å². The highest BCUT2D eigenvalue weighted by atomic mass is 19.1. The Morgan fingerprint density at radius 3 is 2.33 bits per heavy atom. The minimum Gasteiger partial charge on any atom is -0.493 e. The van der Waals surface area contributed by atoms with Crippen LogP contribution in [0.5, 0.6) is 11.5 Å². The predicted octanol–water partition coefficient (Wildman–Crippen LogP) is 3.60. The highest BCUT2D eigenvalue weighted by molar-refractivity contribution is 5.72. The van der Waals surface area contributed by atoms with E-state index in [1.807, 2.05) is 6.92 Å². The van der Waals surface area contributed by atoms with Crippen LogP contribution in [0.15, 0.2) is 36.4 Å². The zero-order valence-corrected chi connectivity index (χ0v) is 12.3. The van der Waals surface area contributed by atoms with E-state index in [0.717, 1.165) is 0 Å². The van der Waals surface area contributed by atoms with Crippen LogP contribution < -0.4 is 20.5 Å². The van der Waals surface area contributed by atoms with Crippen molar-refractivity contribution in [1.82, 2.24) is 0 Å². The van der Waals surface area contributed by atoms with E-state index in [2.05, 4.69) is 5.32 Å². The molecule has 0 fully saturated rings. The minimum atomic E-state index is -0.253. The first kappa shape index (κ1) is 15.0. The lowest BCUT2D eigenvalue weighted by molar-refractivity contribution is 0.355. The number of methoxy groups -OCH3 is 2. The summed E-state index contributed by atoms with van der Waals surface area (Å²) in [4.78, 5) is 0. The largest absolute Gasteiger partial charge is 0.493 e. The topological polar surface area (TPSA) is 56.5 Å². The summed E-state index contributed by atoms with van der Waals surface area (Å²) in [6.45, 7) is 1.87. The van der Waals surface area contributed by atoms with Gasteiger partial charge in [-0.15, -0.1) is 0 Å². The molecule has 5 heteroatoms. The third-order valence-corrected chi connectivity index (χ3v) is 3.30. The molecule has 0 radical (unpaired) electrons. The Balaban J connectivity index is 2.29. The molecule has 3 N–H and O–H groups in total. The Morgan fingerprint density at radius 2 is 1.71 bits per heavy atom. The molecule has 2 aromatic rings. The molecule has 0 heterocycles. The zero-order chi connectivity index (χ0) is 15.4. The third kappa shape index (κ3) is 3.18. The van der Waals surface area contributed by atoms with Crippen molar-refractivity contribution in [3.63, 3.8) is 0 Å². The van der Waals surface area contributed by atoms with E-state index in [1.54, 1.807) is 44.6 Å². The summed E-state index contributed by atoms with van der Waals surface area (Å²) in [7, 11) is 3.10. The van der Waals surface area contributed by atoms with E-state index >= 15 is 0 Å². The summed E-state index contributed by atoms with van der Waals surface area (Å²) in [5.74, 6) is 0.866. The molecule has 1 atom stereocenters. The predicted molar refractivity (Wildman–Crippen MR) is 82.4 cm³/mol. The van der Waals surface area contributed by atoms with Crippen LogP contribution in [-0.4, -0.2) is 14.2 Å². The molecule has 0 aliphatic rings. The van der Waals surface area contributed by atoms with Gasteiger partial charge < -0.3 is 20.5 Å². The number of hydrogen-bond acceptors (Lipinski definition) is 4. The van der Waals surface area contributed by atoms with Crippen LogP contribution in [0.3, 0.4) is 0 Å². The summed E-state index contributed by atoms with van der Waals surface area (Å²) < 4.78 is 24.2. The van der Waals surface area contributed by atoms with Crippen LogP contribution in [0.25, 0.3) is 0 Å². The maximum absolute atomic E-state index is 13.8. The number of benzene rings is 2. The number of nitrogen functional groups attached to an aromatic ring is 1. The van der Waals surface area contributed by atoms with Crippen molar-refractivity contribution in [2.45, 2.75) is 13.0 Å². The van der Waals surface area contributed by atoms with Crippen LogP contribution in [0, 0.1) is 5.82 Å². The second kappa shape index (κ2) is 6.35. The number of hydrogen-bond donors (Lipinski definition) is 2. The first-order valence-corrected chi connectivity index (χ1v) is 6.59. The Bertz CT molecular complexity index is 632. The van der Waals surface area contributed by atoms with E-state index in [9.17, 15) is 4.39 Å². The van der Waals surface area contributed by atoms with Crippen molar-refractivity contribution in [3.05, 3.63) is 47.8 Å². The van der Waals surface area contributed by atoms with E-state index in [-0.39, 0.29) is 11.9 Å². The van der Waals surface area contributed by atoms with Gasteiger partial charge >= 0.3 is 0 Å². The van der Waals surface area contributed by atoms with Crippen molar-refractivity contribution in [1.29, 1.82) is 0 Å². The molecule has 0 spiro atoms. The summed E-state index contributed by atoms with van der Waals surface area (Å²) in [5.41, 5.74) is 7.75. The maximum atomic E-state index is 13.8. The van der Waals surface area contributed by atoms with Crippen molar-refractivity contribution < 1.29 is 13.9 Å². The SMILES string of the molecule is COc1cc(N)c(NC(C)c2ccccc2F)cc1OC. The smallest absolute Gasteiger partial charge is 0.162 e. The molecular formula is C16H19FN2O2. The summed E-state index contributed by atoms with van der Waals surface area (Å²) in [6.07, 6.45) is 0. The average molecular weight is 290 g/mol. The number of rotatable bonds is 5. The first-order valence-electron chi connectivity index (χ1n) is 6.59. The standard InChI is InChI=1S/C16H19FN2O2/c1-10(11-6-4-5-7-12(11)17)19-14-9-16(21-3)15(20-2)8-13(14)18/h4-10,19H,18H2,1-3H3. The van der Waals surface area contributed by atoms with Gasteiger partial charge in [0.05, 0.1) is 31.6 Å². The molecule has 0 aliphatic carbocycles. The normalized spacial score (nSPS) is 11.8. The van der Waals surface area contributed by atoms with Crippen LogP contribution in [-0.2, 0) is 0 Å². The second-order valence-corrected chi connectivity index (χ2v) is 4.68. The lowest BCUT2D eigenvalue weighted by Crippen LogP contribution is -2.10. The molecule has 2 rings (SSSR count). The van der Waals surface area contributed by atoms with E-state index in [0.29, 0.717) is 28.4 Å². The molecule has 0 bridgehead atoms. The van der Waals surface area contributed by atoms with Gasteiger partial charge in [0, 0.05) is 17.7 Å². The Hall–Kier alpha value is -2.43. The van der Waals surface area contributed by atoms with E-state index in [4.69, 9.17) is 15.2 Å². The van der Waals surface area contributed by atoms with Gasteiger partial charge in [0.15, 0.2) is 11.5 Å². The summed E-state index contributed by atoms with van der Waals surface area (Å²) in [5, 5.41) is 3.19. The molecule has 21 heavy (non-hydrogen) atoms. The molecule has 0 saturated carbocycles. The van der Waals surface area contributed by atoms with Crippen molar-refractivity contribution in [3.8, 4) is 11.5 Å². The Morgan fingerprint density at radius 1 is 1.10 bits per heavy atom. The monoisotopic (exact) mass is 290 g/mol. The molecule has 0 aromatic heterocycles. The molecule has 0 amide bonds. The van der Waals surface area contributed by atoms with Crippen LogP contribution in [0.2, 0.25) is 0 Å². The molecule has 0 aliphatic heterocycles. The van der Waals surface area contributed by atoms with Gasteiger partial charge in [-0.1, -0.05) is 18.2 Å². The molecule has 1 unspecified atom stereocenters. The van der Waals surface area contributed by atoms with Gasteiger partial charge in [0.1, 0.15) is 5.82 Å². The fraction of sp³-hybridized carbons (Fsp3) is 0.250. The van der Waals surface area contributed by atoms with E-state index in [1.165, 1.54) is 6.07 Å². The quantitative estimate of drug-likeness (QED) is 0.826. The van der Waals surface area contributed by atoms with E-state index < -0.39 is 0 Å². The van der Waals surface area contributed by atoms with Crippen LogP contribution in [0.1, 0.15) is 18.5 Å². The number of nitrogens with one attached hydrogen (secondary N) is 1. The number of halogens is 1. The van der Waals surface area contributed by atoms with Gasteiger partial charge in [0.2, 0.25) is 0 Å². The van der Waals surface area contributed by atoms with Gasteiger partial charge in [-0.2, -0.15) is 0 Å². The van der Waals surface area contributed by atoms with Crippen LogP contribution >= 0.6 is 0 Å². The van der Waals surface area contributed by atoms with Gasteiger partial charge in [-0.05, 0) is 13.0 Å². The molecule has 112 valence electrons. The minimum absolute atomic E-state index is 0.230. The molecule has 2 aromatic carbocycles. The zero-order valence-electron chi connectivity index (χ0n) is 12.3. The number of anilines is 2. The molecular weight excluding hydrogens is 271 g/mol. The van der Waals surface area contributed by atoms with Gasteiger partial charge in [-0.25, -0.2) is 4.39 Å². The van der Waals surface area contributed by atoms with Crippen molar-refractivity contribution >= 4 is 11.4 Å². The lowest BCUT2D eigenvalue weighted by atomic mass is 10.1. The molecule has 4 nitrogen and oxygen atoms in total. The van der Waals surface area contributed by atoms with Crippen molar-refractivity contribution in [2.75, 3.05) is 25.3 Å². The summed E-state index contributed by atoms with van der Waals surface area (Å²) in [6, 6.07) is 9.83. The van der Waals surface area contributed by atoms with Gasteiger partial charge in [-0.3, -0.25) is 0 Å². The fourth-order valence-electron chi connectivity index (χ4n) is 2.16. The lowest BCUT2D eigenvalue weighted by Gasteiger charge is -2.19. The Labute approximate surface area is 123 Å². The third-order valence-electron chi connectivity index (χ3n) is 3.30. The maximum Gasteiger partial charge on any atom is 0.162 e. The number of nitrogens with two attached hydrogens (primary N) is 1. The van der Waals surface area contributed by atoms with Crippen LogP contribution in [0.4, 0.5) is 15.8 Å². The Kier molecular flexibility index (Phi) is 4.52. The second-order valence-electron chi connectivity index (χ2n) is 4.68. The molecule has 0 saturated heterocycles. The summed E-state index contributed by atoms with van der Waals surface area (Å²) >= 11 is 0.